The first-order valence-electron chi connectivity index (χ1n) is 6.89. The van der Waals surface area contributed by atoms with E-state index in [9.17, 15) is 5.11 Å². The molecule has 0 spiro atoms. The molecule has 0 unspecified atom stereocenters. The van der Waals surface area contributed by atoms with E-state index in [4.69, 9.17) is 20.9 Å². The van der Waals surface area contributed by atoms with Crippen molar-refractivity contribution in [2.45, 2.75) is 57.3 Å². The molecule has 0 bridgehead atoms. The van der Waals surface area contributed by atoms with Crippen molar-refractivity contribution in [3.8, 4) is 0 Å². The Kier molecular flexibility index (Phi) is 3.01. The summed E-state index contributed by atoms with van der Waals surface area (Å²) in [5, 5.41) is 10.8. The number of aromatic nitrogens is 1. The zero-order valence-corrected chi connectivity index (χ0v) is 13.0. The minimum absolute atomic E-state index is 0.378. The lowest BCUT2D eigenvalue weighted by Crippen LogP contribution is -2.41. The minimum atomic E-state index is -0.795. The van der Waals surface area contributed by atoms with Gasteiger partial charge in [0.1, 0.15) is 5.15 Å². The summed E-state index contributed by atoms with van der Waals surface area (Å²) in [5.41, 5.74) is -0.0893. The van der Waals surface area contributed by atoms with E-state index < -0.39 is 23.9 Å². The van der Waals surface area contributed by atoms with Crippen LogP contribution >= 0.6 is 11.6 Å². The van der Waals surface area contributed by atoms with E-state index in [0.29, 0.717) is 5.15 Å². The van der Waals surface area contributed by atoms with Gasteiger partial charge in [0.15, 0.2) is 0 Å². The van der Waals surface area contributed by atoms with Gasteiger partial charge in [0.2, 0.25) is 0 Å². The Morgan fingerprint density at radius 3 is 2.25 bits per heavy atom. The predicted octanol–water partition coefficient (Wildman–Crippen LogP) is 2.02. The molecule has 20 heavy (non-hydrogen) atoms. The molecule has 2 aliphatic rings. The van der Waals surface area contributed by atoms with Gasteiger partial charge >= 0.3 is 7.12 Å². The molecule has 1 N–H and O–H groups in total. The summed E-state index contributed by atoms with van der Waals surface area (Å²) in [6.07, 6.45) is 3.11. The van der Waals surface area contributed by atoms with Gasteiger partial charge in [-0.15, -0.1) is 0 Å². The molecule has 1 aromatic rings. The van der Waals surface area contributed by atoms with Crippen LogP contribution in [0.25, 0.3) is 0 Å². The van der Waals surface area contributed by atoms with Crippen molar-refractivity contribution in [2.24, 2.45) is 0 Å². The number of pyridine rings is 1. The fraction of sp³-hybridized carbons (Fsp3) is 0.643. The maximum absolute atomic E-state index is 10.4. The number of aliphatic hydroxyl groups is 1. The lowest BCUT2D eigenvalue weighted by atomic mass is 9.75. The monoisotopic (exact) mass is 295 g/mol. The summed E-state index contributed by atoms with van der Waals surface area (Å²) in [4.78, 5) is 4.08. The normalized spacial score (nSPS) is 25.8. The van der Waals surface area contributed by atoms with Crippen LogP contribution in [-0.4, -0.2) is 28.4 Å². The van der Waals surface area contributed by atoms with Gasteiger partial charge in [0.05, 0.1) is 16.8 Å². The SMILES string of the molecule is CC1(C)OB(c2cc(Cl)ncc2C2(O)CC2)OC1(C)C. The quantitative estimate of drug-likeness (QED) is 0.670. The molecule has 0 amide bonds. The van der Waals surface area contributed by atoms with Gasteiger partial charge in [-0.05, 0) is 52.1 Å². The van der Waals surface area contributed by atoms with Crippen LogP contribution in [0, 0.1) is 0 Å². The van der Waals surface area contributed by atoms with Crippen molar-refractivity contribution < 1.29 is 14.4 Å². The number of halogens is 1. The van der Waals surface area contributed by atoms with E-state index >= 15 is 0 Å². The van der Waals surface area contributed by atoms with E-state index in [-0.39, 0.29) is 0 Å². The first kappa shape index (κ1) is 14.3. The first-order valence-corrected chi connectivity index (χ1v) is 7.26. The Hall–Kier alpha value is -0.615. The second-order valence-corrected chi connectivity index (χ2v) is 7.10. The summed E-state index contributed by atoms with van der Waals surface area (Å²) in [6, 6.07) is 1.73. The van der Waals surface area contributed by atoms with Gasteiger partial charge in [-0.2, -0.15) is 0 Å². The molecule has 1 saturated heterocycles. The van der Waals surface area contributed by atoms with Gasteiger partial charge in [-0.25, -0.2) is 4.98 Å². The van der Waals surface area contributed by atoms with Crippen molar-refractivity contribution in [3.63, 3.8) is 0 Å². The van der Waals surface area contributed by atoms with Crippen LogP contribution in [0.1, 0.15) is 46.1 Å². The van der Waals surface area contributed by atoms with E-state index in [1.54, 1.807) is 12.3 Å². The smallest absolute Gasteiger partial charge is 0.399 e. The van der Waals surface area contributed by atoms with E-state index in [1.165, 1.54) is 0 Å². The molecule has 1 aromatic heterocycles. The average Bonchev–Trinajstić information content (AvgIpc) is 3.01. The summed E-state index contributed by atoms with van der Waals surface area (Å²) < 4.78 is 12.1. The Labute approximate surface area is 124 Å². The van der Waals surface area contributed by atoms with Crippen molar-refractivity contribution >= 4 is 24.2 Å². The highest BCUT2D eigenvalue weighted by Gasteiger charge is 2.54. The molecule has 0 radical (unpaired) electrons. The number of nitrogens with zero attached hydrogens (tertiary/aromatic N) is 1. The predicted molar refractivity (Wildman–Crippen MR) is 78.1 cm³/mol. The van der Waals surface area contributed by atoms with E-state index in [0.717, 1.165) is 23.9 Å². The topological polar surface area (TPSA) is 51.6 Å². The third kappa shape index (κ3) is 2.17. The van der Waals surface area contributed by atoms with Gasteiger partial charge in [0.25, 0.3) is 0 Å². The summed E-state index contributed by atoms with van der Waals surface area (Å²) in [7, 11) is -0.528. The molecule has 108 valence electrons. The molecule has 3 rings (SSSR count). The molecule has 1 aliphatic heterocycles. The zero-order valence-electron chi connectivity index (χ0n) is 12.2. The van der Waals surface area contributed by atoms with Crippen LogP contribution in [0.3, 0.4) is 0 Å². The molecule has 1 aliphatic carbocycles. The van der Waals surface area contributed by atoms with Gasteiger partial charge < -0.3 is 14.4 Å². The fourth-order valence-electron chi connectivity index (χ4n) is 2.39. The molecular weight excluding hydrogens is 276 g/mol. The molecule has 6 heteroatoms. The summed E-state index contributed by atoms with van der Waals surface area (Å²) in [6.45, 7) is 8.01. The van der Waals surface area contributed by atoms with Crippen molar-refractivity contribution in [1.29, 1.82) is 0 Å². The third-order valence-electron chi connectivity index (χ3n) is 4.63. The Balaban J connectivity index is 2.01. The zero-order chi connectivity index (χ0) is 14.8. The van der Waals surface area contributed by atoms with Crippen LogP contribution < -0.4 is 5.46 Å². The molecule has 0 atom stereocenters. The van der Waals surface area contributed by atoms with Crippen LogP contribution in [0.4, 0.5) is 0 Å². The number of rotatable bonds is 2. The lowest BCUT2D eigenvalue weighted by Gasteiger charge is -2.32. The molecule has 2 fully saturated rings. The van der Waals surface area contributed by atoms with Crippen LogP contribution in [0.15, 0.2) is 12.3 Å². The maximum atomic E-state index is 10.4. The fourth-order valence-corrected chi connectivity index (χ4v) is 2.55. The molecule has 1 saturated carbocycles. The summed E-state index contributed by atoms with van der Waals surface area (Å²) >= 11 is 6.00. The second kappa shape index (κ2) is 4.20. The van der Waals surface area contributed by atoms with Gasteiger partial charge in [-0.3, -0.25) is 0 Å². The highest BCUT2D eigenvalue weighted by atomic mass is 35.5. The third-order valence-corrected chi connectivity index (χ3v) is 4.84. The standard InChI is InChI=1S/C14H19BClNO3/c1-12(2)13(3,4)20-15(19-12)10-7-11(16)17-8-9(10)14(18)5-6-14/h7-8,18H,5-6H2,1-4H3. The molecule has 0 aromatic carbocycles. The molecular formula is C14H19BClNO3. The highest BCUT2D eigenvalue weighted by Crippen LogP contribution is 2.45. The molecule has 2 heterocycles. The lowest BCUT2D eigenvalue weighted by molar-refractivity contribution is 0.00578. The largest absolute Gasteiger partial charge is 0.495 e. The number of hydrogen-bond acceptors (Lipinski definition) is 4. The first-order chi connectivity index (χ1) is 9.15. The van der Waals surface area contributed by atoms with Gasteiger partial charge in [0, 0.05) is 11.8 Å². The Morgan fingerprint density at radius 2 is 1.75 bits per heavy atom. The summed E-state index contributed by atoms with van der Waals surface area (Å²) in [5.74, 6) is 0. The van der Waals surface area contributed by atoms with Crippen LogP contribution in [0.5, 0.6) is 0 Å². The van der Waals surface area contributed by atoms with E-state index in [2.05, 4.69) is 4.98 Å². The Morgan fingerprint density at radius 1 is 1.20 bits per heavy atom. The van der Waals surface area contributed by atoms with Crippen LogP contribution in [-0.2, 0) is 14.9 Å². The average molecular weight is 296 g/mol. The van der Waals surface area contributed by atoms with Crippen LogP contribution in [0.2, 0.25) is 5.15 Å². The van der Waals surface area contributed by atoms with Crippen molar-refractivity contribution in [2.75, 3.05) is 0 Å². The number of hydrogen-bond donors (Lipinski definition) is 1. The molecule has 4 nitrogen and oxygen atoms in total. The second-order valence-electron chi connectivity index (χ2n) is 6.71. The van der Waals surface area contributed by atoms with Gasteiger partial charge in [-0.1, -0.05) is 11.6 Å². The Bertz CT molecular complexity index is 541. The van der Waals surface area contributed by atoms with Crippen molar-refractivity contribution in [1.82, 2.24) is 4.98 Å². The highest BCUT2D eigenvalue weighted by molar-refractivity contribution is 6.63. The van der Waals surface area contributed by atoms with Crippen molar-refractivity contribution in [3.05, 3.63) is 23.0 Å². The maximum Gasteiger partial charge on any atom is 0.495 e. The minimum Gasteiger partial charge on any atom is -0.399 e. The van der Waals surface area contributed by atoms with E-state index in [1.807, 2.05) is 27.7 Å².